The summed E-state index contributed by atoms with van der Waals surface area (Å²) in [5.41, 5.74) is 0. The second-order valence-corrected chi connectivity index (χ2v) is 12.3. The molecule has 0 heterocycles. The number of aliphatic hydroxyl groups excluding tert-OH is 2. The maximum absolute atomic E-state index is 12.1. The number of carbonyl (C=O) groups excluding carboxylic acids is 1. The third kappa shape index (κ3) is 28.7. The van der Waals surface area contributed by atoms with Gasteiger partial charge in [-0.05, 0) is 12.8 Å². The molecule has 240 valence electrons. The number of hydrogen-bond donors (Lipinski definition) is 3. The van der Waals surface area contributed by atoms with Gasteiger partial charge in [-0.1, -0.05) is 181 Å². The topological polar surface area (TPSA) is 78.8 Å². The number of carbonyl (C=O) groups is 1. The van der Waals surface area contributed by atoms with Gasteiger partial charge in [0.05, 0.1) is 25.4 Å². The van der Waals surface area contributed by atoms with Crippen LogP contribution >= 0.6 is 0 Å². The van der Waals surface area contributed by atoms with Crippen LogP contribution in [0.2, 0.25) is 0 Å². The molecule has 0 bridgehead atoms. The summed E-state index contributed by atoms with van der Waals surface area (Å²) in [6, 6.07) is -0.652. The van der Waals surface area contributed by atoms with E-state index in [4.69, 9.17) is 4.74 Å². The van der Waals surface area contributed by atoms with E-state index in [2.05, 4.69) is 19.2 Å². The molecular formula is C35H71NO4. The fraction of sp³-hybridized carbons (Fsp3) is 0.971. The summed E-state index contributed by atoms with van der Waals surface area (Å²) in [7, 11) is 0. The van der Waals surface area contributed by atoms with Gasteiger partial charge in [0.2, 0.25) is 0 Å². The summed E-state index contributed by atoms with van der Waals surface area (Å²) in [5, 5.41) is 22.7. The van der Waals surface area contributed by atoms with Gasteiger partial charge in [-0.15, -0.1) is 0 Å². The first-order valence-corrected chi connectivity index (χ1v) is 17.9. The Hall–Kier alpha value is -0.810. The molecule has 0 rings (SSSR count). The molecule has 5 heteroatoms. The molecule has 0 radical (unpaired) electrons. The highest BCUT2D eigenvalue weighted by atomic mass is 16.5. The first-order chi connectivity index (χ1) is 19.7. The molecule has 0 aromatic rings. The molecule has 3 N–H and O–H groups in total. The lowest BCUT2D eigenvalue weighted by Gasteiger charge is -2.22. The Labute approximate surface area is 250 Å². The minimum atomic E-state index is -0.730. The molecule has 40 heavy (non-hydrogen) atoms. The van der Waals surface area contributed by atoms with Gasteiger partial charge < -0.3 is 20.3 Å². The Balaban J connectivity index is 3.52. The zero-order chi connectivity index (χ0) is 29.4. The third-order valence-electron chi connectivity index (χ3n) is 8.30. The molecule has 0 aromatic carbocycles. The largest absolute Gasteiger partial charge is 0.450 e. The Morgan fingerprint density at radius 3 is 1.23 bits per heavy atom. The molecule has 0 fully saturated rings. The fourth-order valence-electron chi connectivity index (χ4n) is 5.49. The van der Waals surface area contributed by atoms with Gasteiger partial charge in [-0.25, -0.2) is 4.79 Å². The van der Waals surface area contributed by atoms with Crippen LogP contribution in [0.4, 0.5) is 4.79 Å². The monoisotopic (exact) mass is 570 g/mol. The Morgan fingerprint density at radius 2 is 0.875 bits per heavy atom. The number of rotatable bonds is 32. The Bertz CT molecular complexity index is 502. The van der Waals surface area contributed by atoms with E-state index in [1.165, 1.54) is 148 Å². The lowest BCUT2D eigenvalue weighted by molar-refractivity contribution is 0.0712. The number of nitrogens with one attached hydrogen (secondary N) is 1. The van der Waals surface area contributed by atoms with Gasteiger partial charge >= 0.3 is 6.09 Å². The van der Waals surface area contributed by atoms with Crippen LogP contribution in [-0.4, -0.2) is 41.7 Å². The summed E-state index contributed by atoms with van der Waals surface area (Å²) in [5.74, 6) is 0. The Morgan fingerprint density at radius 1 is 0.550 bits per heavy atom. The van der Waals surface area contributed by atoms with E-state index in [-0.39, 0.29) is 6.61 Å². The van der Waals surface area contributed by atoms with E-state index in [0.717, 1.165) is 25.7 Å². The van der Waals surface area contributed by atoms with Crippen molar-refractivity contribution in [1.29, 1.82) is 0 Å². The van der Waals surface area contributed by atoms with Crippen molar-refractivity contribution in [2.24, 2.45) is 0 Å². The highest BCUT2D eigenvalue weighted by Gasteiger charge is 2.20. The molecule has 0 aromatic heterocycles. The standard InChI is InChI=1S/C35H71NO4/c1-3-5-7-9-11-13-15-17-19-21-23-25-27-29-31-40-35(39)36-33(32-37)34(38)30-28-26-24-22-20-18-16-14-12-10-8-6-4-2/h33-34,37-38H,3-32H2,1-2H3,(H,36,39). The average molecular weight is 570 g/mol. The van der Waals surface area contributed by atoms with Gasteiger partial charge in [-0.2, -0.15) is 0 Å². The minimum absolute atomic E-state index is 0.270. The first-order valence-electron chi connectivity index (χ1n) is 17.9. The van der Waals surface area contributed by atoms with Gasteiger partial charge in [0, 0.05) is 0 Å². The number of aliphatic hydroxyl groups is 2. The zero-order valence-electron chi connectivity index (χ0n) is 27.1. The highest BCUT2D eigenvalue weighted by molar-refractivity contribution is 5.67. The first kappa shape index (κ1) is 39.2. The van der Waals surface area contributed by atoms with Crippen LogP contribution in [-0.2, 0) is 4.74 Å². The van der Waals surface area contributed by atoms with E-state index in [0.29, 0.717) is 13.0 Å². The Kier molecular flexibility index (Phi) is 32.0. The predicted molar refractivity (Wildman–Crippen MR) is 172 cm³/mol. The SMILES string of the molecule is CCCCCCCCCCCCCCCCOC(=O)NC(CO)C(O)CCCCCCCCCCCCCCC. The molecule has 0 saturated heterocycles. The highest BCUT2D eigenvalue weighted by Crippen LogP contribution is 2.15. The molecule has 0 aliphatic heterocycles. The van der Waals surface area contributed by atoms with E-state index >= 15 is 0 Å². The van der Waals surface area contributed by atoms with Gasteiger partial charge in [-0.3, -0.25) is 0 Å². The lowest BCUT2D eigenvalue weighted by Crippen LogP contribution is -2.46. The number of amides is 1. The van der Waals surface area contributed by atoms with Crippen LogP contribution in [0.5, 0.6) is 0 Å². The second-order valence-electron chi connectivity index (χ2n) is 12.3. The molecule has 2 atom stereocenters. The summed E-state index contributed by atoms with van der Waals surface area (Å²) < 4.78 is 5.28. The van der Waals surface area contributed by atoms with E-state index in [1.807, 2.05) is 0 Å². The average Bonchev–Trinajstić information content (AvgIpc) is 2.96. The van der Waals surface area contributed by atoms with Crippen LogP contribution in [0.3, 0.4) is 0 Å². The van der Waals surface area contributed by atoms with Crippen molar-refractivity contribution in [3.63, 3.8) is 0 Å². The summed E-state index contributed by atoms with van der Waals surface area (Å²) in [6.07, 6.45) is 34.3. The van der Waals surface area contributed by atoms with Crippen molar-refractivity contribution in [3.05, 3.63) is 0 Å². The smallest absolute Gasteiger partial charge is 0.407 e. The van der Waals surface area contributed by atoms with Gasteiger partial charge in [0.15, 0.2) is 0 Å². The van der Waals surface area contributed by atoms with Crippen molar-refractivity contribution < 1.29 is 19.7 Å². The number of alkyl carbamates (subject to hydrolysis) is 1. The van der Waals surface area contributed by atoms with Gasteiger partial charge in [0.1, 0.15) is 0 Å². The van der Waals surface area contributed by atoms with Gasteiger partial charge in [0.25, 0.3) is 0 Å². The summed E-state index contributed by atoms with van der Waals surface area (Å²) in [4.78, 5) is 12.1. The molecule has 0 aliphatic carbocycles. The van der Waals surface area contributed by atoms with Crippen molar-refractivity contribution in [2.45, 2.75) is 206 Å². The van der Waals surface area contributed by atoms with Crippen LogP contribution in [0.25, 0.3) is 0 Å². The van der Waals surface area contributed by atoms with E-state index in [1.54, 1.807) is 0 Å². The maximum Gasteiger partial charge on any atom is 0.407 e. The quantitative estimate of drug-likeness (QED) is 0.0704. The zero-order valence-corrected chi connectivity index (χ0v) is 27.1. The van der Waals surface area contributed by atoms with Crippen molar-refractivity contribution in [3.8, 4) is 0 Å². The van der Waals surface area contributed by atoms with E-state index in [9.17, 15) is 15.0 Å². The molecule has 2 unspecified atom stereocenters. The fourth-order valence-corrected chi connectivity index (χ4v) is 5.49. The summed E-state index contributed by atoms with van der Waals surface area (Å²) >= 11 is 0. The molecule has 5 nitrogen and oxygen atoms in total. The second kappa shape index (κ2) is 32.7. The van der Waals surface area contributed by atoms with Crippen molar-refractivity contribution in [1.82, 2.24) is 5.32 Å². The molecule has 0 spiro atoms. The van der Waals surface area contributed by atoms with Crippen LogP contribution in [0, 0.1) is 0 Å². The number of ether oxygens (including phenoxy) is 1. The van der Waals surface area contributed by atoms with Crippen LogP contribution in [0.1, 0.15) is 194 Å². The normalized spacial score (nSPS) is 12.9. The van der Waals surface area contributed by atoms with Crippen LogP contribution in [0.15, 0.2) is 0 Å². The number of hydrogen-bond acceptors (Lipinski definition) is 4. The maximum atomic E-state index is 12.1. The van der Waals surface area contributed by atoms with E-state index < -0.39 is 18.2 Å². The molecule has 1 amide bonds. The number of unbranched alkanes of at least 4 members (excludes halogenated alkanes) is 25. The minimum Gasteiger partial charge on any atom is -0.450 e. The molecular weight excluding hydrogens is 498 g/mol. The predicted octanol–water partition coefficient (Wildman–Crippen LogP) is 10.4. The summed E-state index contributed by atoms with van der Waals surface area (Å²) in [6.45, 7) is 4.66. The van der Waals surface area contributed by atoms with Crippen molar-refractivity contribution >= 4 is 6.09 Å². The lowest BCUT2D eigenvalue weighted by atomic mass is 10.0. The molecule has 0 aliphatic rings. The third-order valence-corrected chi connectivity index (χ3v) is 8.30. The molecule has 0 saturated carbocycles. The van der Waals surface area contributed by atoms with Crippen LogP contribution < -0.4 is 5.32 Å². The van der Waals surface area contributed by atoms with Crippen molar-refractivity contribution in [2.75, 3.05) is 13.2 Å².